The van der Waals surface area contributed by atoms with Crippen molar-refractivity contribution in [3.63, 3.8) is 0 Å². The molecule has 0 saturated carbocycles. The van der Waals surface area contributed by atoms with Crippen molar-refractivity contribution in [2.24, 2.45) is 5.73 Å². The Morgan fingerprint density at radius 2 is 2.25 bits per heavy atom. The van der Waals surface area contributed by atoms with Gasteiger partial charge in [-0.1, -0.05) is 0 Å². The molecule has 0 aliphatic rings. The molecule has 0 heterocycles. The summed E-state index contributed by atoms with van der Waals surface area (Å²) in [6.45, 7) is 0. The molecule has 0 fully saturated rings. The fraction of sp³-hybridized carbons (Fsp3) is 0.300. The Hall–Kier alpha value is -1.27. The van der Waals surface area contributed by atoms with Crippen LogP contribution in [0.15, 0.2) is 16.6 Å². The Labute approximate surface area is 101 Å². The van der Waals surface area contributed by atoms with Crippen molar-refractivity contribution in [2.45, 2.75) is 12.5 Å². The van der Waals surface area contributed by atoms with Crippen molar-refractivity contribution >= 4 is 21.9 Å². The van der Waals surface area contributed by atoms with Crippen molar-refractivity contribution in [3.05, 3.63) is 22.2 Å². The lowest BCUT2D eigenvalue weighted by molar-refractivity contribution is -0.137. The zero-order valence-electron chi connectivity index (χ0n) is 8.61. The van der Waals surface area contributed by atoms with Gasteiger partial charge in [-0.2, -0.15) is 0 Å². The molecule has 0 aliphatic heterocycles. The van der Waals surface area contributed by atoms with Crippen LogP contribution in [0.5, 0.6) is 11.5 Å². The number of ether oxygens (including phenoxy) is 1. The molecule has 0 amide bonds. The highest BCUT2D eigenvalue weighted by Gasteiger charge is 2.17. The number of methoxy groups -OCH3 is 1. The lowest BCUT2D eigenvalue weighted by Gasteiger charge is -2.14. The van der Waals surface area contributed by atoms with E-state index < -0.39 is 12.0 Å². The van der Waals surface area contributed by atoms with Gasteiger partial charge in [0.15, 0.2) is 0 Å². The lowest BCUT2D eigenvalue weighted by atomic mass is 10.0. The summed E-state index contributed by atoms with van der Waals surface area (Å²) in [5.74, 6) is -0.582. The highest BCUT2D eigenvalue weighted by atomic mass is 79.9. The Morgan fingerprint density at radius 1 is 1.62 bits per heavy atom. The van der Waals surface area contributed by atoms with Gasteiger partial charge in [0, 0.05) is 11.6 Å². The molecule has 0 aliphatic carbocycles. The molecule has 0 bridgehead atoms. The number of carboxylic acids is 1. The highest BCUT2D eigenvalue weighted by Crippen LogP contribution is 2.36. The molecule has 0 aromatic heterocycles. The number of rotatable bonds is 4. The number of benzene rings is 1. The van der Waals surface area contributed by atoms with E-state index in [9.17, 15) is 9.90 Å². The van der Waals surface area contributed by atoms with Crippen molar-refractivity contribution < 1.29 is 19.7 Å². The number of halogens is 1. The van der Waals surface area contributed by atoms with E-state index in [-0.39, 0.29) is 12.2 Å². The Balaban J connectivity index is 3.10. The summed E-state index contributed by atoms with van der Waals surface area (Å²) in [7, 11) is 1.48. The van der Waals surface area contributed by atoms with Gasteiger partial charge in [0.25, 0.3) is 0 Å². The fourth-order valence-corrected chi connectivity index (χ4v) is 1.75. The predicted octanol–water partition coefficient (Wildman–Crippen LogP) is 1.64. The van der Waals surface area contributed by atoms with Gasteiger partial charge in [-0.05, 0) is 28.1 Å². The maximum Gasteiger partial charge on any atom is 0.305 e. The summed E-state index contributed by atoms with van der Waals surface area (Å²) < 4.78 is 5.42. The van der Waals surface area contributed by atoms with Crippen LogP contribution in [0.1, 0.15) is 18.0 Å². The molecule has 5 nitrogen and oxygen atoms in total. The largest absolute Gasteiger partial charge is 0.506 e. The summed E-state index contributed by atoms with van der Waals surface area (Å²) in [6.07, 6.45) is -0.257. The fourth-order valence-electron chi connectivity index (χ4n) is 1.29. The van der Waals surface area contributed by atoms with Crippen LogP contribution in [0, 0.1) is 0 Å². The summed E-state index contributed by atoms with van der Waals surface area (Å²) in [5.41, 5.74) is 6.01. The molecule has 16 heavy (non-hydrogen) atoms. The number of carboxylic acid groups (broad SMARTS) is 1. The number of phenolic OH excluding ortho intramolecular Hbond substituents is 1. The predicted molar refractivity (Wildman–Crippen MR) is 61.5 cm³/mol. The van der Waals surface area contributed by atoms with Crippen LogP contribution in [-0.4, -0.2) is 23.3 Å². The standard InChI is InChI=1S/C10H12BrNO4/c1-16-5-2-6(8(12)4-9(13)14)10(15)7(11)3-5/h2-3,8,15H,4,12H2,1H3,(H,13,14). The van der Waals surface area contributed by atoms with Gasteiger partial charge in [0.2, 0.25) is 0 Å². The molecule has 1 aromatic carbocycles. The molecule has 4 N–H and O–H groups in total. The van der Waals surface area contributed by atoms with Crippen LogP contribution in [-0.2, 0) is 4.79 Å². The van der Waals surface area contributed by atoms with Crippen LogP contribution >= 0.6 is 15.9 Å². The number of phenols is 1. The first-order valence-corrected chi connectivity index (χ1v) is 5.28. The summed E-state index contributed by atoms with van der Waals surface area (Å²) in [4.78, 5) is 10.5. The zero-order valence-corrected chi connectivity index (χ0v) is 10.2. The SMILES string of the molecule is COc1cc(Br)c(O)c(C(N)CC(=O)O)c1. The van der Waals surface area contributed by atoms with Gasteiger partial charge in [-0.3, -0.25) is 4.79 Å². The monoisotopic (exact) mass is 289 g/mol. The van der Waals surface area contributed by atoms with Gasteiger partial charge in [-0.15, -0.1) is 0 Å². The Kier molecular flexibility index (Phi) is 4.14. The van der Waals surface area contributed by atoms with Gasteiger partial charge in [0.05, 0.1) is 18.0 Å². The van der Waals surface area contributed by atoms with E-state index in [1.807, 2.05) is 0 Å². The smallest absolute Gasteiger partial charge is 0.305 e. The van der Waals surface area contributed by atoms with Crippen molar-refractivity contribution in [1.29, 1.82) is 0 Å². The number of aromatic hydroxyl groups is 1. The second-order valence-electron chi connectivity index (χ2n) is 3.25. The molecular weight excluding hydrogens is 278 g/mol. The van der Waals surface area contributed by atoms with E-state index in [0.29, 0.717) is 15.8 Å². The molecule has 0 saturated heterocycles. The van der Waals surface area contributed by atoms with Crippen LogP contribution < -0.4 is 10.5 Å². The first kappa shape index (κ1) is 12.8. The quantitative estimate of drug-likeness (QED) is 0.784. The molecular formula is C10H12BrNO4. The van der Waals surface area contributed by atoms with Gasteiger partial charge in [-0.25, -0.2) is 0 Å². The molecule has 1 atom stereocenters. The van der Waals surface area contributed by atoms with Crippen LogP contribution in [0.4, 0.5) is 0 Å². The summed E-state index contributed by atoms with van der Waals surface area (Å²) >= 11 is 3.14. The molecule has 0 spiro atoms. The average Bonchev–Trinajstić information content (AvgIpc) is 2.20. The minimum atomic E-state index is -1.02. The molecule has 1 aromatic rings. The summed E-state index contributed by atoms with van der Waals surface area (Å²) in [5, 5.41) is 18.4. The highest BCUT2D eigenvalue weighted by molar-refractivity contribution is 9.10. The second kappa shape index (κ2) is 5.18. The van der Waals surface area contributed by atoms with Gasteiger partial charge >= 0.3 is 5.97 Å². The first-order chi connectivity index (χ1) is 7.45. The molecule has 6 heteroatoms. The number of nitrogens with two attached hydrogens (primary N) is 1. The lowest BCUT2D eigenvalue weighted by Crippen LogP contribution is -2.15. The Morgan fingerprint density at radius 3 is 2.75 bits per heavy atom. The van der Waals surface area contributed by atoms with Crippen molar-refractivity contribution in [3.8, 4) is 11.5 Å². The van der Waals surface area contributed by atoms with Crippen LogP contribution in [0.25, 0.3) is 0 Å². The summed E-state index contributed by atoms with van der Waals surface area (Å²) in [6, 6.07) is 2.32. The third-order valence-electron chi connectivity index (χ3n) is 2.10. The molecule has 1 rings (SSSR count). The second-order valence-corrected chi connectivity index (χ2v) is 4.11. The topological polar surface area (TPSA) is 92.8 Å². The van der Waals surface area contributed by atoms with Crippen LogP contribution in [0.2, 0.25) is 0 Å². The average molecular weight is 290 g/mol. The van der Waals surface area contributed by atoms with Crippen molar-refractivity contribution in [2.75, 3.05) is 7.11 Å². The van der Waals surface area contributed by atoms with E-state index in [1.54, 1.807) is 6.07 Å². The zero-order chi connectivity index (χ0) is 12.3. The Bertz CT molecular complexity index is 408. The number of carbonyl (C=O) groups is 1. The first-order valence-electron chi connectivity index (χ1n) is 4.49. The van der Waals surface area contributed by atoms with E-state index in [2.05, 4.69) is 15.9 Å². The minimum Gasteiger partial charge on any atom is -0.506 e. The van der Waals surface area contributed by atoms with E-state index >= 15 is 0 Å². The third-order valence-corrected chi connectivity index (χ3v) is 2.70. The number of aliphatic carboxylic acids is 1. The van der Waals surface area contributed by atoms with Gasteiger partial charge in [0.1, 0.15) is 11.5 Å². The minimum absolute atomic E-state index is 0.0606. The maximum atomic E-state index is 10.5. The van der Waals surface area contributed by atoms with E-state index in [0.717, 1.165) is 0 Å². The van der Waals surface area contributed by atoms with E-state index in [1.165, 1.54) is 13.2 Å². The van der Waals surface area contributed by atoms with Gasteiger partial charge < -0.3 is 20.7 Å². The van der Waals surface area contributed by atoms with Crippen LogP contribution in [0.3, 0.4) is 0 Å². The van der Waals surface area contributed by atoms with E-state index in [4.69, 9.17) is 15.6 Å². The number of hydrogen-bond acceptors (Lipinski definition) is 4. The third kappa shape index (κ3) is 2.86. The van der Waals surface area contributed by atoms with Crippen molar-refractivity contribution in [1.82, 2.24) is 0 Å². The molecule has 88 valence electrons. The number of hydrogen-bond donors (Lipinski definition) is 3. The maximum absolute atomic E-state index is 10.5. The normalized spacial score (nSPS) is 12.2. The molecule has 0 radical (unpaired) electrons. The molecule has 1 unspecified atom stereocenters.